The number of nitrogens with zero attached hydrogens (tertiary/aromatic N) is 2. The highest BCUT2D eigenvalue weighted by Gasteiger charge is 2.22. The molecule has 0 aliphatic rings. The molecule has 0 spiro atoms. The maximum absolute atomic E-state index is 6.83. The average Bonchev–Trinajstić information content (AvgIpc) is 4.04. The Hall–Kier alpha value is -7.82. The van der Waals surface area contributed by atoms with Crippen molar-refractivity contribution in [3.05, 3.63) is 194 Å². The summed E-state index contributed by atoms with van der Waals surface area (Å²) in [4.78, 5) is 2.28. The van der Waals surface area contributed by atoms with Gasteiger partial charge in [-0.3, -0.25) is 0 Å². The van der Waals surface area contributed by atoms with Gasteiger partial charge in [0.1, 0.15) is 16.7 Å². The van der Waals surface area contributed by atoms with E-state index in [1.165, 1.54) is 49.2 Å². The van der Waals surface area contributed by atoms with Gasteiger partial charge < -0.3 is 18.1 Å². The number of para-hydroxylation sites is 5. The third-order valence-corrected chi connectivity index (χ3v) is 12.1. The minimum atomic E-state index is 0.830. The normalized spacial score (nSPS) is 12.1. The topological polar surface area (TPSA) is 33.9 Å². The first-order chi connectivity index (χ1) is 28.8. The van der Waals surface area contributed by atoms with Gasteiger partial charge in [0.05, 0.1) is 27.9 Å². The molecule has 0 aliphatic heterocycles. The van der Waals surface area contributed by atoms with Crippen molar-refractivity contribution >= 4 is 99.0 Å². The van der Waals surface area contributed by atoms with Gasteiger partial charge in [-0.05, 0) is 71.3 Å². The van der Waals surface area contributed by atoms with Gasteiger partial charge in [0, 0.05) is 60.4 Å². The van der Waals surface area contributed by atoms with Gasteiger partial charge in [-0.1, -0.05) is 133 Å². The largest absolute Gasteiger partial charge is 0.456 e. The summed E-state index contributed by atoms with van der Waals surface area (Å²) in [5, 5.41) is 9.46. The second kappa shape index (κ2) is 11.8. The van der Waals surface area contributed by atoms with E-state index in [1.807, 2.05) is 12.1 Å². The molecule has 9 aromatic carbocycles. The minimum absolute atomic E-state index is 0.830. The lowest BCUT2D eigenvalue weighted by atomic mass is 10.00. The Morgan fingerprint density at radius 2 is 0.931 bits per heavy atom. The molecule has 0 aliphatic carbocycles. The van der Waals surface area contributed by atoms with Crippen LogP contribution in [0.1, 0.15) is 0 Å². The molecule has 0 saturated carbocycles. The maximum atomic E-state index is 6.83. The number of rotatable bonds is 5. The summed E-state index contributed by atoms with van der Waals surface area (Å²) >= 11 is 0. The Morgan fingerprint density at radius 3 is 1.79 bits per heavy atom. The number of aromatic nitrogens is 1. The summed E-state index contributed by atoms with van der Waals surface area (Å²) in [5.41, 5.74) is 14.8. The maximum Gasteiger partial charge on any atom is 0.159 e. The van der Waals surface area contributed by atoms with E-state index in [-0.39, 0.29) is 0 Å². The first-order valence-corrected chi connectivity index (χ1v) is 19.8. The third-order valence-electron chi connectivity index (χ3n) is 12.1. The summed E-state index contributed by atoms with van der Waals surface area (Å²) in [6.45, 7) is 0. The highest BCUT2D eigenvalue weighted by Crippen LogP contribution is 2.46. The van der Waals surface area contributed by atoms with Gasteiger partial charge in [0.2, 0.25) is 0 Å². The minimum Gasteiger partial charge on any atom is -0.456 e. The molecule has 0 N–H and O–H groups in total. The van der Waals surface area contributed by atoms with Crippen LogP contribution in [0.3, 0.4) is 0 Å². The van der Waals surface area contributed by atoms with E-state index in [4.69, 9.17) is 8.83 Å². The summed E-state index contributed by atoms with van der Waals surface area (Å²) in [6, 6.07) is 69.3. The van der Waals surface area contributed by atoms with Gasteiger partial charge in [-0.15, -0.1) is 0 Å². The number of furan rings is 2. The molecule has 4 aromatic heterocycles. The molecule has 0 atom stereocenters. The lowest BCUT2D eigenvalue weighted by Gasteiger charge is -2.25. The highest BCUT2D eigenvalue weighted by molar-refractivity contribution is 6.25. The molecule has 0 saturated heterocycles. The van der Waals surface area contributed by atoms with Crippen molar-refractivity contribution in [2.75, 3.05) is 4.90 Å². The van der Waals surface area contributed by atoms with E-state index in [2.05, 4.69) is 191 Å². The van der Waals surface area contributed by atoms with Crippen LogP contribution in [0.5, 0.6) is 0 Å². The standard InChI is InChI=1S/C54H32N2O2/c1-2-11-33(12-3-1)34-23-26-36(27-24-34)55(48-21-10-19-46-40-14-5-7-22-49(40)58-54(46)48)37-28-30-42-41-29-25-35(31-50(41)57-51(42)32-37)38-15-8-17-44-45-18-9-16-43-39-13-4-6-20-47(39)56(52(38)44)53(43)45/h1-32H. The van der Waals surface area contributed by atoms with Crippen molar-refractivity contribution < 1.29 is 8.83 Å². The van der Waals surface area contributed by atoms with Crippen molar-refractivity contribution in [3.8, 4) is 22.3 Å². The number of benzene rings is 9. The number of anilines is 3. The predicted octanol–water partition coefficient (Wildman–Crippen LogP) is 15.4. The molecular weight excluding hydrogens is 709 g/mol. The van der Waals surface area contributed by atoms with Gasteiger partial charge in [0.15, 0.2) is 5.58 Å². The van der Waals surface area contributed by atoms with E-state index < -0.39 is 0 Å². The fraction of sp³-hybridized carbons (Fsp3) is 0. The molecule has 0 amide bonds. The molecule has 0 fully saturated rings. The lowest BCUT2D eigenvalue weighted by molar-refractivity contribution is 0.667. The zero-order valence-corrected chi connectivity index (χ0v) is 31.2. The van der Waals surface area contributed by atoms with Crippen LogP contribution < -0.4 is 4.90 Å². The van der Waals surface area contributed by atoms with Gasteiger partial charge in [-0.25, -0.2) is 0 Å². The van der Waals surface area contributed by atoms with E-state index in [9.17, 15) is 0 Å². The van der Waals surface area contributed by atoms with Crippen LogP contribution in [0, 0.1) is 0 Å². The number of hydrogen-bond acceptors (Lipinski definition) is 3. The Labute approximate surface area is 332 Å². The number of hydrogen-bond donors (Lipinski definition) is 0. The SMILES string of the molecule is c1ccc(-c2ccc(N(c3ccc4c(c3)oc3cc(-c5cccc6c7cccc8c9ccccc9n(c56)c87)ccc34)c3cccc4c3oc3ccccc34)cc2)cc1. The van der Waals surface area contributed by atoms with Crippen LogP contribution in [0.2, 0.25) is 0 Å². The molecule has 0 bridgehead atoms. The van der Waals surface area contributed by atoms with Crippen LogP contribution in [-0.2, 0) is 0 Å². The predicted molar refractivity (Wildman–Crippen MR) is 241 cm³/mol. The first kappa shape index (κ1) is 31.4. The second-order valence-electron chi connectivity index (χ2n) is 15.2. The summed E-state index contributed by atoms with van der Waals surface area (Å²) in [7, 11) is 0. The van der Waals surface area contributed by atoms with Gasteiger partial charge in [0.25, 0.3) is 0 Å². The Balaban J connectivity index is 0.985. The quantitative estimate of drug-likeness (QED) is 0.176. The van der Waals surface area contributed by atoms with Crippen LogP contribution in [0.4, 0.5) is 17.1 Å². The second-order valence-corrected chi connectivity index (χ2v) is 15.2. The van der Waals surface area contributed by atoms with Crippen LogP contribution in [0.15, 0.2) is 203 Å². The average molecular weight is 741 g/mol. The molecule has 4 heterocycles. The molecule has 58 heavy (non-hydrogen) atoms. The summed E-state index contributed by atoms with van der Waals surface area (Å²) in [5.74, 6) is 0. The highest BCUT2D eigenvalue weighted by atomic mass is 16.3. The van der Waals surface area contributed by atoms with Crippen molar-refractivity contribution in [2.24, 2.45) is 0 Å². The van der Waals surface area contributed by atoms with E-state index in [0.29, 0.717) is 0 Å². The van der Waals surface area contributed by atoms with E-state index >= 15 is 0 Å². The van der Waals surface area contributed by atoms with Crippen molar-refractivity contribution in [3.63, 3.8) is 0 Å². The molecule has 13 rings (SSSR count). The van der Waals surface area contributed by atoms with Crippen LogP contribution in [0.25, 0.3) is 104 Å². The molecule has 4 nitrogen and oxygen atoms in total. The Morgan fingerprint density at radius 1 is 0.345 bits per heavy atom. The zero-order chi connectivity index (χ0) is 37.9. The van der Waals surface area contributed by atoms with E-state index in [0.717, 1.165) is 72.1 Å². The molecule has 13 aromatic rings. The monoisotopic (exact) mass is 740 g/mol. The van der Waals surface area contributed by atoms with Crippen LogP contribution in [-0.4, -0.2) is 4.40 Å². The Kier molecular flexibility index (Phi) is 6.41. The first-order valence-electron chi connectivity index (χ1n) is 19.8. The van der Waals surface area contributed by atoms with Crippen molar-refractivity contribution in [1.29, 1.82) is 0 Å². The van der Waals surface area contributed by atoms with E-state index in [1.54, 1.807) is 0 Å². The van der Waals surface area contributed by atoms with Crippen molar-refractivity contribution in [1.82, 2.24) is 4.40 Å². The molecule has 4 heteroatoms. The lowest BCUT2D eigenvalue weighted by Crippen LogP contribution is -2.10. The van der Waals surface area contributed by atoms with Crippen molar-refractivity contribution in [2.45, 2.75) is 0 Å². The smallest absolute Gasteiger partial charge is 0.159 e. The summed E-state index contributed by atoms with van der Waals surface area (Å²) in [6.07, 6.45) is 0. The van der Waals surface area contributed by atoms with Crippen LogP contribution >= 0.6 is 0 Å². The Bertz CT molecular complexity index is 3740. The van der Waals surface area contributed by atoms with Gasteiger partial charge >= 0.3 is 0 Å². The summed E-state index contributed by atoms with van der Waals surface area (Å²) < 4.78 is 15.9. The molecule has 0 unspecified atom stereocenters. The number of fused-ring (bicyclic) bond motifs is 12. The van der Waals surface area contributed by atoms with Gasteiger partial charge in [-0.2, -0.15) is 0 Å². The molecule has 270 valence electrons. The third kappa shape index (κ3) is 4.40. The zero-order valence-electron chi connectivity index (χ0n) is 31.2. The molecular formula is C54H32N2O2. The molecule has 0 radical (unpaired) electrons. The fourth-order valence-corrected chi connectivity index (χ4v) is 9.54. The fourth-order valence-electron chi connectivity index (χ4n) is 9.54.